The minimum Gasteiger partial charge on any atom is -0.379 e. The number of hydrogen-bond donors (Lipinski definition) is 2. The first-order valence-electron chi connectivity index (χ1n) is 6.80. The van der Waals surface area contributed by atoms with Crippen LogP contribution >= 0.6 is 0 Å². The molecule has 1 aromatic rings. The first-order valence-corrected chi connectivity index (χ1v) is 6.80. The van der Waals surface area contributed by atoms with Crippen LogP contribution in [-0.2, 0) is 4.74 Å². The Balaban J connectivity index is 1.86. The van der Waals surface area contributed by atoms with Gasteiger partial charge in [-0.15, -0.1) is 0 Å². The van der Waals surface area contributed by atoms with Crippen LogP contribution in [0.5, 0.6) is 0 Å². The van der Waals surface area contributed by atoms with Gasteiger partial charge < -0.3 is 10.1 Å². The first kappa shape index (κ1) is 14.0. The van der Waals surface area contributed by atoms with Gasteiger partial charge in [-0.1, -0.05) is 13.8 Å². The van der Waals surface area contributed by atoms with Crippen molar-refractivity contribution in [3.63, 3.8) is 0 Å². The maximum absolute atomic E-state index is 11.5. The van der Waals surface area contributed by atoms with Crippen LogP contribution in [0.3, 0.4) is 0 Å². The Bertz CT molecular complexity index is 452. The van der Waals surface area contributed by atoms with E-state index in [1.54, 1.807) is 6.07 Å². The zero-order valence-electron chi connectivity index (χ0n) is 11.6. The van der Waals surface area contributed by atoms with Gasteiger partial charge in [0.1, 0.15) is 0 Å². The second-order valence-electron chi connectivity index (χ2n) is 5.05. The van der Waals surface area contributed by atoms with Gasteiger partial charge in [0.15, 0.2) is 0 Å². The Labute approximate surface area is 113 Å². The van der Waals surface area contributed by atoms with Crippen molar-refractivity contribution in [2.24, 2.45) is 0 Å². The summed E-state index contributed by atoms with van der Waals surface area (Å²) in [7, 11) is 0. The van der Waals surface area contributed by atoms with E-state index in [4.69, 9.17) is 4.74 Å². The molecule has 0 radical (unpaired) electrons. The predicted molar refractivity (Wildman–Crippen MR) is 74.7 cm³/mol. The summed E-state index contributed by atoms with van der Waals surface area (Å²) in [5.74, 6) is 0.812. The van der Waals surface area contributed by atoms with Gasteiger partial charge in [-0.25, -0.2) is 4.98 Å². The van der Waals surface area contributed by atoms with Crippen molar-refractivity contribution in [2.75, 3.05) is 44.7 Å². The number of nitrogens with one attached hydrogen (secondary N) is 2. The summed E-state index contributed by atoms with van der Waals surface area (Å²) >= 11 is 0. The number of H-pyrrole nitrogens is 1. The molecular weight excluding hydrogens is 244 g/mol. The molecule has 1 fully saturated rings. The van der Waals surface area contributed by atoms with Crippen molar-refractivity contribution in [1.82, 2.24) is 14.9 Å². The molecule has 1 aromatic heterocycles. The predicted octanol–water partition coefficient (Wildman–Crippen LogP) is 0.637. The zero-order chi connectivity index (χ0) is 13.7. The third-order valence-corrected chi connectivity index (χ3v) is 3.18. The standard InChI is InChI=1S/C13H22N4O2/c1-10(2)11-9-12(18)16-13(15-11)14-3-4-17-5-7-19-8-6-17/h9-10H,3-8H2,1-2H3,(H2,14,15,16,18). The van der Waals surface area contributed by atoms with E-state index >= 15 is 0 Å². The van der Waals surface area contributed by atoms with E-state index in [0.717, 1.165) is 45.1 Å². The Hall–Kier alpha value is -1.40. The normalized spacial score (nSPS) is 16.8. The minimum atomic E-state index is -0.104. The fourth-order valence-electron chi connectivity index (χ4n) is 2.01. The van der Waals surface area contributed by atoms with E-state index in [1.807, 2.05) is 13.8 Å². The molecule has 0 spiro atoms. The van der Waals surface area contributed by atoms with Crippen LogP contribution in [0.15, 0.2) is 10.9 Å². The largest absolute Gasteiger partial charge is 0.379 e. The Kier molecular flexibility index (Phi) is 4.93. The molecule has 1 saturated heterocycles. The molecule has 1 aliphatic heterocycles. The monoisotopic (exact) mass is 266 g/mol. The summed E-state index contributed by atoms with van der Waals surface area (Å²) in [6, 6.07) is 1.55. The van der Waals surface area contributed by atoms with Crippen LogP contribution in [0.4, 0.5) is 5.95 Å². The van der Waals surface area contributed by atoms with Crippen molar-refractivity contribution in [3.05, 3.63) is 22.1 Å². The Morgan fingerprint density at radius 2 is 2.21 bits per heavy atom. The molecule has 0 aromatic carbocycles. The van der Waals surface area contributed by atoms with Gasteiger partial charge in [-0.05, 0) is 5.92 Å². The Morgan fingerprint density at radius 3 is 2.89 bits per heavy atom. The van der Waals surface area contributed by atoms with Gasteiger partial charge in [-0.3, -0.25) is 14.7 Å². The number of rotatable bonds is 5. The number of nitrogens with zero attached hydrogens (tertiary/aromatic N) is 2. The van der Waals surface area contributed by atoms with Gasteiger partial charge in [0.25, 0.3) is 5.56 Å². The maximum Gasteiger partial charge on any atom is 0.252 e. The molecular formula is C13H22N4O2. The Morgan fingerprint density at radius 1 is 1.47 bits per heavy atom. The van der Waals surface area contributed by atoms with Crippen LogP contribution in [0.1, 0.15) is 25.5 Å². The smallest absolute Gasteiger partial charge is 0.252 e. The number of morpholine rings is 1. The lowest BCUT2D eigenvalue weighted by Gasteiger charge is -2.26. The van der Waals surface area contributed by atoms with Crippen LogP contribution in [0, 0.1) is 0 Å². The molecule has 0 unspecified atom stereocenters. The molecule has 1 aliphatic rings. The average molecular weight is 266 g/mol. The summed E-state index contributed by atoms with van der Waals surface area (Å²) in [6.07, 6.45) is 0. The quantitative estimate of drug-likeness (QED) is 0.818. The second kappa shape index (κ2) is 6.68. The summed E-state index contributed by atoms with van der Waals surface area (Å²) < 4.78 is 5.30. The average Bonchev–Trinajstić information content (AvgIpc) is 2.39. The molecule has 0 bridgehead atoms. The molecule has 6 heteroatoms. The maximum atomic E-state index is 11.5. The molecule has 0 saturated carbocycles. The third-order valence-electron chi connectivity index (χ3n) is 3.18. The van der Waals surface area contributed by atoms with E-state index in [2.05, 4.69) is 20.2 Å². The van der Waals surface area contributed by atoms with Gasteiger partial charge in [0.05, 0.1) is 18.9 Å². The SMILES string of the molecule is CC(C)c1cc(=O)[nH]c(NCCN2CCOCC2)n1. The fourth-order valence-corrected chi connectivity index (χ4v) is 2.01. The highest BCUT2D eigenvalue weighted by molar-refractivity contribution is 5.26. The van der Waals surface area contributed by atoms with E-state index in [-0.39, 0.29) is 11.5 Å². The highest BCUT2D eigenvalue weighted by Crippen LogP contribution is 2.09. The summed E-state index contributed by atoms with van der Waals surface area (Å²) in [5, 5.41) is 3.18. The van der Waals surface area contributed by atoms with E-state index in [0.29, 0.717) is 5.95 Å². The topological polar surface area (TPSA) is 70.2 Å². The van der Waals surface area contributed by atoms with Crippen LogP contribution in [-0.4, -0.2) is 54.3 Å². The molecule has 0 aliphatic carbocycles. The van der Waals surface area contributed by atoms with E-state index < -0.39 is 0 Å². The van der Waals surface area contributed by atoms with Crippen LogP contribution < -0.4 is 10.9 Å². The number of aromatic amines is 1. The van der Waals surface area contributed by atoms with E-state index in [1.165, 1.54) is 0 Å². The fraction of sp³-hybridized carbons (Fsp3) is 0.692. The minimum absolute atomic E-state index is 0.104. The lowest BCUT2D eigenvalue weighted by molar-refractivity contribution is 0.0398. The van der Waals surface area contributed by atoms with Gasteiger partial charge in [0, 0.05) is 32.2 Å². The van der Waals surface area contributed by atoms with Crippen molar-refractivity contribution < 1.29 is 4.74 Å². The lowest BCUT2D eigenvalue weighted by atomic mass is 10.1. The molecule has 0 amide bonds. The number of ether oxygens (including phenoxy) is 1. The van der Waals surface area contributed by atoms with Crippen molar-refractivity contribution in [3.8, 4) is 0 Å². The third kappa shape index (κ3) is 4.33. The summed E-state index contributed by atoms with van der Waals surface area (Å²) in [4.78, 5) is 21.0. The molecule has 0 atom stereocenters. The van der Waals surface area contributed by atoms with E-state index in [9.17, 15) is 4.79 Å². The van der Waals surface area contributed by atoms with Gasteiger partial charge in [0.2, 0.25) is 5.95 Å². The highest BCUT2D eigenvalue weighted by Gasteiger charge is 2.10. The van der Waals surface area contributed by atoms with Gasteiger partial charge >= 0.3 is 0 Å². The van der Waals surface area contributed by atoms with Crippen molar-refractivity contribution in [1.29, 1.82) is 0 Å². The lowest BCUT2D eigenvalue weighted by Crippen LogP contribution is -2.39. The first-order chi connectivity index (χ1) is 9.15. The zero-order valence-corrected chi connectivity index (χ0v) is 11.6. The number of anilines is 1. The summed E-state index contributed by atoms with van der Waals surface area (Å²) in [5.41, 5.74) is 0.713. The molecule has 2 rings (SSSR count). The van der Waals surface area contributed by atoms with Crippen molar-refractivity contribution in [2.45, 2.75) is 19.8 Å². The summed E-state index contributed by atoms with van der Waals surface area (Å²) in [6.45, 7) is 9.30. The number of aromatic nitrogens is 2. The highest BCUT2D eigenvalue weighted by atomic mass is 16.5. The molecule has 106 valence electrons. The van der Waals surface area contributed by atoms with Crippen LogP contribution in [0.2, 0.25) is 0 Å². The number of hydrogen-bond acceptors (Lipinski definition) is 5. The van der Waals surface area contributed by atoms with Crippen LogP contribution in [0.25, 0.3) is 0 Å². The molecule has 6 nitrogen and oxygen atoms in total. The molecule has 19 heavy (non-hydrogen) atoms. The van der Waals surface area contributed by atoms with Gasteiger partial charge in [-0.2, -0.15) is 0 Å². The molecule has 2 N–H and O–H groups in total. The van der Waals surface area contributed by atoms with Crippen molar-refractivity contribution >= 4 is 5.95 Å². The second-order valence-corrected chi connectivity index (χ2v) is 5.05. The molecule has 2 heterocycles.